The SMILES string of the molecule is CC[C@@H](C(=O)Nc1ccc(C(=O)OC(C)(C)C)c(F)c1)n1cc(OC)c(-c2cc(Cl)ccc2-n2cc(C(F)(F)F)nn2)cc1=O. The van der Waals surface area contributed by atoms with Crippen molar-refractivity contribution in [2.24, 2.45) is 0 Å². The molecule has 10 nitrogen and oxygen atoms in total. The van der Waals surface area contributed by atoms with Crippen molar-refractivity contribution in [3.63, 3.8) is 0 Å². The number of pyridine rings is 1. The summed E-state index contributed by atoms with van der Waals surface area (Å²) < 4.78 is 67.0. The molecule has 0 aliphatic carbocycles. The van der Waals surface area contributed by atoms with Gasteiger partial charge in [-0.05, 0) is 63.6 Å². The number of aromatic nitrogens is 4. The molecule has 0 fully saturated rings. The molecule has 0 aliphatic rings. The third-order valence-corrected chi connectivity index (χ3v) is 6.66. The summed E-state index contributed by atoms with van der Waals surface area (Å²) in [6.45, 7) is 6.58. The maximum atomic E-state index is 14.7. The van der Waals surface area contributed by atoms with Crippen LogP contribution in [0, 0.1) is 5.82 Å². The van der Waals surface area contributed by atoms with E-state index in [0.717, 1.165) is 21.4 Å². The quantitative estimate of drug-likeness (QED) is 0.172. The summed E-state index contributed by atoms with van der Waals surface area (Å²) in [6.07, 6.45) is -2.62. The van der Waals surface area contributed by atoms with Crippen LogP contribution in [0.4, 0.5) is 23.2 Å². The van der Waals surface area contributed by atoms with E-state index in [1.807, 2.05) is 0 Å². The molecular weight excluding hydrogens is 622 g/mol. The highest BCUT2D eigenvalue weighted by molar-refractivity contribution is 6.31. The molecule has 2 aromatic carbocycles. The Balaban J connectivity index is 1.68. The molecule has 2 aromatic heterocycles. The first kappa shape index (κ1) is 33.2. The summed E-state index contributed by atoms with van der Waals surface area (Å²) in [4.78, 5) is 39.0. The minimum Gasteiger partial charge on any atom is -0.495 e. The van der Waals surface area contributed by atoms with Crippen LogP contribution in [0.15, 0.2) is 59.7 Å². The molecule has 15 heteroatoms. The van der Waals surface area contributed by atoms with Crippen LogP contribution >= 0.6 is 11.6 Å². The van der Waals surface area contributed by atoms with Crippen molar-refractivity contribution in [2.45, 2.75) is 51.9 Å². The van der Waals surface area contributed by atoms with E-state index in [1.54, 1.807) is 27.7 Å². The molecule has 0 bridgehead atoms. The van der Waals surface area contributed by atoms with Gasteiger partial charge in [-0.1, -0.05) is 23.7 Å². The van der Waals surface area contributed by atoms with Crippen LogP contribution in [0.1, 0.15) is 56.2 Å². The number of carbonyl (C=O) groups excluding carboxylic acids is 2. The number of alkyl halides is 3. The van der Waals surface area contributed by atoms with E-state index in [-0.39, 0.29) is 45.3 Å². The third kappa shape index (κ3) is 7.51. The van der Waals surface area contributed by atoms with Gasteiger partial charge in [0.2, 0.25) is 5.91 Å². The highest BCUT2D eigenvalue weighted by atomic mass is 35.5. The zero-order valence-corrected chi connectivity index (χ0v) is 25.5. The normalized spacial score (nSPS) is 12.5. The smallest absolute Gasteiger partial charge is 0.436 e. The summed E-state index contributed by atoms with van der Waals surface area (Å²) in [5.41, 5.74) is -2.49. The maximum Gasteiger partial charge on any atom is 0.436 e. The van der Waals surface area contributed by atoms with Crippen molar-refractivity contribution >= 4 is 29.2 Å². The number of anilines is 1. The van der Waals surface area contributed by atoms with E-state index < -0.39 is 46.8 Å². The number of esters is 1. The lowest BCUT2D eigenvalue weighted by atomic mass is 10.0. The number of nitrogens with zero attached hydrogens (tertiary/aromatic N) is 4. The molecule has 4 rings (SSSR count). The van der Waals surface area contributed by atoms with Crippen LogP contribution in [0.2, 0.25) is 5.02 Å². The average molecular weight is 650 g/mol. The Morgan fingerprint density at radius 2 is 1.76 bits per heavy atom. The maximum absolute atomic E-state index is 14.7. The van der Waals surface area contributed by atoms with Gasteiger partial charge in [-0.15, -0.1) is 5.10 Å². The van der Waals surface area contributed by atoms with Crippen LogP contribution in [-0.2, 0) is 15.7 Å². The zero-order chi connectivity index (χ0) is 33.3. The molecule has 0 saturated heterocycles. The van der Waals surface area contributed by atoms with E-state index in [1.165, 1.54) is 43.6 Å². The molecule has 2 heterocycles. The number of nitrogens with one attached hydrogen (secondary N) is 1. The summed E-state index contributed by atoms with van der Waals surface area (Å²) in [5, 5.41) is 9.53. The first-order valence-corrected chi connectivity index (χ1v) is 13.8. The van der Waals surface area contributed by atoms with Gasteiger partial charge in [-0.2, -0.15) is 13.2 Å². The fourth-order valence-electron chi connectivity index (χ4n) is 4.41. The fourth-order valence-corrected chi connectivity index (χ4v) is 4.58. The van der Waals surface area contributed by atoms with Gasteiger partial charge in [-0.3, -0.25) is 14.2 Å². The number of hydrogen-bond acceptors (Lipinski definition) is 7. The molecule has 4 aromatic rings. The number of rotatable bonds is 8. The molecule has 238 valence electrons. The molecule has 1 amide bonds. The van der Waals surface area contributed by atoms with Gasteiger partial charge < -0.3 is 14.8 Å². The Hall–Kier alpha value is -4.72. The highest BCUT2D eigenvalue weighted by Gasteiger charge is 2.35. The van der Waals surface area contributed by atoms with Gasteiger partial charge in [0.1, 0.15) is 23.2 Å². The molecule has 0 radical (unpaired) electrons. The van der Waals surface area contributed by atoms with E-state index in [0.29, 0.717) is 6.20 Å². The molecule has 0 spiro atoms. The molecule has 0 unspecified atom stereocenters. The lowest BCUT2D eigenvalue weighted by molar-refractivity contribution is -0.141. The molecule has 1 N–H and O–H groups in total. The second kappa shape index (κ2) is 12.7. The molecular formula is C30H28ClF4N5O5. The van der Waals surface area contributed by atoms with Gasteiger partial charge in [0.15, 0.2) is 5.69 Å². The number of methoxy groups -OCH3 is 1. The lowest BCUT2D eigenvalue weighted by Crippen LogP contribution is -2.32. The lowest BCUT2D eigenvalue weighted by Gasteiger charge is -2.21. The van der Waals surface area contributed by atoms with Crippen molar-refractivity contribution < 1.29 is 36.6 Å². The standard InChI is InChI=1S/C30H28ClF4N5O5/c1-6-22(27(42)36-17-8-9-18(21(32)12-17)28(43)45-29(2,3)4)39-14-24(44-5)20(13-26(39)41)19-11-16(31)7-10-23(19)40-15-25(37-38-40)30(33,34)35/h7-15,22H,6H2,1-5H3,(H,36,42)/t22-/m0/s1. The number of amides is 1. The Morgan fingerprint density at radius 1 is 1.04 bits per heavy atom. The fraction of sp³-hybridized carbons (Fsp3) is 0.300. The van der Waals surface area contributed by atoms with Crippen molar-refractivity contribution in [2.75, 3.05) is 12.4 Å². The first-order chi connectivity index (χ1) is 21.0. The molecule has 45 heavy (non-hydrogen) atoms. The predicted octanol–water partition coefficient (Wildman–Crippen LogP) is 6.46. The van der Waals surface area contributed by atoms with Gasteiger partial charge in [0, 0.05) is 27.9 Å². The Labute approximate surface area is 259 Å². The molecule has 0 saturated carbocycles. The summed E-state index contributed by atoms with van der Waals surface area (Å²) in [6, 6.07) is 7.81. The number of hydrogen-bond donors (Lipinski definition) is 1. The topological polar surface area (TPSA) is 117 Å². The van der Waals surface area contributed by atoms with Gasteiger partial charge in [-0.25, -0.2) is 13.9 Å². The van der Waals surface area contributed by atoms with Crippen molar-refractivity contribution in [3.05, 3.63) is 87.3 Å². The van der Waals surface area contributed by atoms with E-state index >= 15 is 0 Å². The van der Waals surface area contributed by atoms with Crippen LogP contribution in [0.3, 0.4) is 0 Å². The van der Waals surface area contributed by atoms with Crippen LogP contribution in [-0.4, -0.2) is 44.1 Å². The molecule has 1 atom stereocenters. The minimum atomic E-state index is -4.73. The monoisotopic (exact) mass is 649 g/mol. The Morgan fingerprint density at radius 3 is 2.33 bits per heavy atom. The second-order valence-electron chi connectivity index (χ2n) is 10.8. The average Bonchev–Trinajstić information content (AvgIpc) is 3.44. The largest absolute Gasteiger partial charge is 0.495 e. The zero-order valence-electron chi connectivity index (χ0n) is 24.7. The Bertz CT molecular complexity index is 1810. The van der Waals surface area contributed by atoms with E-state index in [9.17, 15) is 31.9 Å². The number of ether oxygens (including phenoxy) is 2. The summed E-state index contributed by atoms with van der Waals surface area (Å²) >= 11 is 6.20. The molecule has 0 aliphatic heterocycles. The van der Waals surface area contributed by atoms with Gasteiger partial charge >= 0.3 is 12.1 Å². The van der Waals surface area contributed by atoms with Gasteiger partial charge in [0.25, 0.3) is 5.56 Å². The van der Waals surface area contributed by atoms with E-state index in [2.05, 4.69) is 15.6 Å². The Kier molecular flexibility index (Phi) is 9.38. The number of halogens is 5. The van der Waals surface area contributed by atoms with Crippen molar-refractivity contribution in [3.8, 4) is 22.6 Å². The predicted molar refractivity (Wildman–Crippen MR) is 157 cm³/mol. The first-order valence-electron chi connectivity index (χ1n) is 13.5. The van der Waals surface area contributed by atoms with Crippen molar-refractivity contribution in [1.82, 2.24) is 19.6 Å². The number of benzene rings is 2. The second-order valence-corrected chi connectivity index (χ2v) is 11.3. The van der Waals surface area contributed by atoms with Crippen LogP contribution in [0.25, 0.3) is 16.8 Å². The third-order valence-electron chi connectivity index (χ3n) is 6.42. The van der Waals surface area contributed by atoms with Crippen molar-refractivity contribution in [1.29, 1.82) is 0 Å². The summed E-state index contributed by atoms with van der Waals surface area (Å²) in [5.74, 6) is -2.35. The van der Waals surface area contributed by atoms with E-state index in [4.69, 9.17) is 21.1 Å². The van der Waals surface area contributed by atoms with Gasteiger partial charge in [0.05, 0.1) is 30.8 Å². The highest BCUT2D eigenvalue weighted by Crippen LogP contribution is 2.36. The van der Waals surface area contributed by atoms with Crippen LogP contribution < -0.4 is 15.6 Å². The minimum absolute atomic E-state index is 0.0366. The summed E-state index contributed by atoms with van der Waals surface area (Å²) in [7, 11) is 1.31. The number of carbonyl (C=O) groups is 2. The van der Waals surface area contributed by atoms with Crippen LogP contribution in [0.5, 0.6) is 5.75 Å².